The van der Waals surface area contributed by atoms with Gasteiger partial charge >= 0.3 is 47.7 Å². The van der Waals surface area contributed by atoms with Crippen LogP contribution in [0.1, 0.15) is 39.0 Å². The lowest BCUT2D eigenvalue weighted by Crippen LogP contribution is -2.73. The first-order chi connectivity index (χ1) is 14.9. The molecule has 0 rings (SSSR count). The fourth-order valence-corrected chi connectivity index (χ4v) is 2.24. The van der Waals surface area contributed by atoms with Gasteiger partial charge in [0.15, 0.2) is 0 Å². The molecule has 1 unspecified atom stereocenters. The number of esters is 1. The molecule has 0 aliphatic carbocycles. The van der Waals surface area contributed by atoms with Crippen LogP contribution in [0.2, 0.25) is 0 Å². The third-order valence-electron chi connectivity index (χ3n) is 4.37. The van der Waals surface area contributed by atoms with E-state index in [0.717, 1.165) is 0 Å². The molecule has 0 aromatic carbocycles. The molecule has 18 heteroatoms. The van der Waals surface area contributed by atoms with Crippen molar-refractivity contribution in [2.24, 2.45) is 0 Å². The second kappa shape index (κ2) is 10.1. The fraction of sp³-hybridized carbons (Fsp3) is 0.938. The molecule has 2 nitrogen and oxygen atoms in total. The summed E-state index contributed by atoms with van der Waals surface area (Å²) in [6.45, 7) is 0.808. The quantitative estimate of drug-likeness (QED) is 0.139. The van der Waals surface area contributed by atoms with E-state index in [1.54, 1.807) is 6.92 Å². The second-order valence-electron chi connectivity index (χ2n) is 6.94. The molecule has 34 heavy (non-hydrogen) atoms. The first-order valence-electron chi connectivity index (χ1n) is 9.03. The molecule has 0 aliphatic rings. The van der Waals surface area contributed by atoms with Crippen molar-refractivity contribution in [3.05, 3.63) is 0 Å². The Kier molecular flexibility index (Phi) is 9.65. The van der Waals surface area contributed by atoms with Gasteiger partial charge < -0.3 is 4.74 Å². The van der Waals surface area contributed by atoms with Gasteiger partial charge in [0.05, 0.1) is 6.61 Å². The van der Waals surface area contributed by atoms with Crippen molar-refractivity contribution in [1.82, 2.24) is 0 Å². The van der Waals surface area contributed by atoms with E-state index in [-0.39, 0.29) is 12.8 Å². The molecule has 0 saturated heterocycles. The zero-order chi connectivity index (χ0) is 27.6. The molecular weight excluding hydrogens is 528 g/mol. The Morgan fingerprint density at radius 1 is 0.618 bits per heavy atom. The summed E-state index contributed by atoms with van der Waals surface area (Å²) in [5, 5.41) is 0. The fourth-order valence-electron chi connectivity index (χ4n) is 2.24. The first kappa shape index (κ1) is 32.4. The van der Waals surface area contributed by atoms with Crippen molar-refractivity contribution in [3.63, 3.8) is 0 Å². The standard InChI is InChI=1S/C16H16F16O2/c1-2-3-4-5-6-7-34-9(33)8(17)10(18,19)11(20,21)12(22,23)13(24,25)14(26,27)15(28,29)16(30,31)32/h8H,2-7H2,1H3. The highest BCUT2D eigenvalue weighted by atomic mass is 19.4. The van der Waals surface area contributed by atoms with Gasteiger partial charge in [0.1, 0.15) is 0 Å². The molecule has 1 atom stereocenters. The van der Waals surface area contributed by atoms with Crippen LogP contribution in [0.4, 0.5) is 70.2 Å². The van der Waals surface area contributed by atoms with Crippen LogP contribution < -0.4 is 0 Å². The highest BCUT2D eigenvalue weighted by molar-refractivity contribution is 5.76. The van der Waals surface area contributed by atoms with Crippen LogP contribution in [0.5, 0.6) is 0 Å². The van der Waals surface area contributed by atoms with Gasteiger partial charge in [-0.1, -0.05) is 32.6 Å². The normalized spacial score (nSPS) is 15.9. The molecule has 0 aromatic heterocycles. The zero-order valence-corrected chi connectivity index (χ0v) is 16.7. The lowest BCUT2D eigenvalue weighted by molar-refractivity contribution is -0.454. The number of carbonyl (C=O) groups excluding carboxylic acids is 1. The van der Waals surface area contributed by atoms with E-state index in [9.17, 15) is 75.0 Å². The van der Waals surface area contributed by atoms with Crippen LogP contribution in [-0.4, -0.2) is 60.5 Å². The van der Waals surface area contributed by atoms with Crippen molar-refractivity contribution in [3.8, 4) is 0 Å². The average Bonchev–Trinajstić information content (AvgIpc) is 2.68. The summed E-state index contributed by atoms with van der Waals surface area (Å²) < 4.78 is 212. The number of alkyl halides is 16. The third-order valence-corrected chi connectivity index (χ3v) is 4.37. The Morgan fingerprint density at radius 3 is 1.41 bits per heavy atom. The van der Waals surface area contributed by atoms with Gasteiger partial charge in [0, 0.05) is 0 Å². The summed E-state index contributed by atoms with van der Waals surface area (Å²) >= 11 is 0. The smallest absolute Gasteiger partial charge is 0.460 e. The van der Waals surface area contributed by atoms with Gasteiger partial charge in [-0.3, -0.25) is 0 Å². The van der Waals surface area contributed by atoms with E-state index >= 15 is 0 Å². The Hall–Kier alpha value is -1.65. The molecule has 0 amide bonds. The number of rotatable bonds is 13. The van der Waals surface area contributed by atoms with Crippen molar-refractivity contribution in [1.29, 1.82) is 0 Å². The van der Waals surface area contributed by atoms with E-state index in [0.29, 0.717) is 19.3 Å². The summed E-state index contributed by atoms with van der Waals surface area (Å²) in [5.74, 6) is -52.0. The number of halogens is 16. The third kappa shape index (κ3) is 5.28. The lowest BCUT2D eigenvalue weighted by atomic mass is 9.89. The molecule has 0 N–H and O–H groups in total. The minimum Gasteiger partial charge on any atom is -0.463 e. The number of hydrogen-bond donors (Lipinski definition) is 0. The summed E-state index contributed by atoms with van der Waals surface area (Å²) in [6, 6.07) is 0. The summed E-state index contributed by atoms with van der Waals surface area (Å²) in [4.78, 5) is 11.1. The first-order valence-corrected chi connectivity index (χ1v) is 9.03. The van der Waals surface area contributed by atoms with E-state index in [2.05, 4.69) is 4.74 Å². The summed E-state index contributed by atoms with van der Waals surface area (Å²) in [7, 11) is 0. The molecule has 204 valence electrons. The second-order valence-corrected chi connectivity index (χ2v) is 6.94. The Morgan fingerprint density at radius 2 is 1.00 bits per heavy atom. The summed E-state index contributed by atoms with van der Waals surface area (Å²) in [5.41, 5.74) is 0. The van der Waals surface area contributed by atoms with Gasteiger partial charge in [-0.05, 0) is 6.42 Å². The number of hydrogen-bond acceptors (Lipinski definition) is 2. The monoisotopic (exact) mass is 544 g/mol. The Labute approximate surface area is 180 Å². The van der Waals surface area contributed by atoms with Gasteiger partial charge in [-0.2, -0.15) is 65.9 Å². The molecule has 0 spiro atoms. The maximum absolute atomic E-state index is 13.6. The van der Waals surface area contributed by atoms with Crippen LogP contribution in [0.3, 0.4) is 0 Å². The Balaban J connectivity index is 5.96. The Bertz CT molecular complexity index is 685. The minimum absolute atomic E-state index is 0.187. The predicted molar refractivity (Wildman–Crippen MR) is 80.4 cm³/mol. The van der Waals surface area contributed by atoms with Gasteiger partial charge in [0.25, 0.3) is 6.17 Å². The SMILES string of the molecule is CCCCCCCOC(=O)C(F)C(F)(F)C(F)(F)C(F)(F)C(F)(F)C(F)(F)C(F)(F)C(F)(F)F. The maximum Gasteiger partial charge on any atom is 0.460 e. The van der Waals surface area contributed by atoms with Gasteiger partial charge in [-0.15, -0.1) is 0 Å². The van der Waals surface area contributed by atoms with Crippen LogP contribution in [0, 0.1) is 0 Å². The molecule has 0 saturated carbocycles. The number of unbranched alkanes of at least 4 members (excludes halogenated alkanes) is 4. The molecular formula is C16H16F16O2. The van der Waals surface area contributed by atoms with Crippen molar-refractivity contribution in [2.45, 2.75) is 86.9 Å². The predicted octanol–water partition coefficient (Wildman–Crippen LogP) is 7.21. The molecule has 0 radical (unpaired) electrons. The molecule has 0 aliphatic heterocycles. The molecule has 0 heterocycles. The molecule has 0 fully saturated rings. The minimum atomic E-state index is -8.55. The van der Waals surface area contributed by atoms with Gasteiger partial charge in [-0.25, -0.2) is 9.18 Å². The van der Waals surface area contributed by atoms with E-state index in [1.165, 1.54) is 0 Å². The maximum atomic E-state index is 13.6. The van der Waals surface area contributed by atoms with Crippen LogP contribution in [0.25, 0.3) is 0 Å². The van der Waals surface area contributed by atoms with Crippen LogP contribution in [-0.2, 0) is 9.53 Å². The zero-order valence-electron chi connectivity index (χ0n) is 16.7. The highest BCUT2D eigenvalue weighted by Crippen LogP contribution is 2.62. The topological polar surface area (TPSA) is 26.3 Å². The van der Waals surface area contributed by atoms with Crippen molar-refractivity contribution >= 4 is 5.97 Å². The highest BCUT2D eigenvalue weighted by Gasteiger charge is 2.94. The van der Waals surface area contributed by atoms with Gasteiger partial charge in [0.2, 0.25) is 0 Å². The largest absolute Gasteiger partial charge is 0.463 e. The van der Waals surface area contributed by atoms with Crippen molar-refractivity contribution < 1.29 is 79.8 Å². The molecule has 0 aromatic rings. The van der Waals surface area contributed by atoms with E-state index in [1.807, 2.05) is 0 Å². The number of carbonyl (C=O) groups is 1. The van der Waals surface area contributed by atoms with Crippen LogP contribution >= 0.6 is 0 Å². The van der Waals surface area contributed by atoms with Crippen molar-refractivity contribution in [2.75, 3.05) is 6.61 Å². The van der Waals surface area contributed by atoms with Crippen LogP contribution in [0.15, 0.2) is 0 Å². The lowest BCUT2D eigenvalue weighted by Gasteiger charge is -2.41. The number of ether oxygens (including phenoxy) is 1. The summed E-state index contributed by atoms with van der Waals surface area (Å²) in [6.07, 6.45) is -11.1. The molecule has 0 bridgehead atoms. The average molecular weight is 544 g/mol. The van der Waals surface area contributed by atoms with E-state index in [4.69, 9.17) is 0 Å². The van der Waals surface area contributed by atoms with E-state index < -0.39 is 60.5 Å².